The van der Waals surface area contributed by atoms with Gasteiger partial charge in [0.25, 0.3) is 0 Å². The lowest BCUT2D eigenvalue weighted by molar-refractivity contribution is -0.143. The first-order valence-electron chi connectivity index (χ1n) is 15.8. The Bertz CT molecular complexity index is 1220. The minimum atomic E-state index is -0.461. The van der Waals surface area contributed by atoms with Crippen LogP contribution in [0.25, 0.3) is 0 Å². The van der Waals surface area contributed by atoms with Crippen LogP contribution >= 0.6 is 0 Å². The smallest absolute Gasteiger partial charge is 0.303 e. The molecule has 0 radical (unpaired) electrons. The molecule has 8 atom stereocenters. The van der Waals surface area contributed by atoms with E-state index in [1.165, 1.54) is 13.0 Å². The fourth-order valence-electron chi connectivity index (χ4n) is 5.95. The van der Waals surface area contributed by atoms with Gasteiger partial charge in [0.1, 0.15) is 6.10 Å². The second-order valence-corrected chi connectivity index (χ2v) is 12.6. The van der Waals surface area contributed by atoms with Gasteiger partial charge in [0.15, 0.2) is 0 Å². The number of hydrogen-bond acceptors (Lipinski definition) is 7. The summed E-state index contributed by atoms with van der Waals surface area (Å²) in [6.07, 6.45) is 11.9. The maximum atomic E-state index is 12.6. The molecule has 0 bridgehead atoms. The van der Waals surface area contributed by atoms with E-state index in [0.717, 1.165) is 43.4 Å². The summed E-state index contributed by atoms with van der Waals surface area (Å²) in [5.74, 6) is -0.367. The van der Waals surface area contributed by atoms with Gasteiger partial charge in [0.2, 0.25) is 11.8 Å². The summed E-state index contributed by atoms with van der Waals surface area (Å²) < 4.78 is 23.5. The van der Waals surface area contributed by atoms with Gasteiger partial charge in [-0.3, -0.25) is 14.4 Å². The van der Waals surface area contributed by atoms with Crippen molar-refractivity contribution in [1.29, 1.82) is 0 Å². The average Bonchev–Trinajstić information content (AvgIpc) is 3.72. The maximum absolute atomic E-state index is 12.6. The topological polar surface area (TPSA) is 115 Å². The summed E-state index contributed by atoms with van der Waals surface area (Å²) in [6, 6.07) is 9.79. The number of esters is 1. The minimum Gasteiger partial charge on any atom is -0.459 e. The van der Waals surface area contributed by atoms with Gasteiger partial charge in [-0.25, -0.2) is 0 Å². The number of hydrogen-bond donors (Lipinski definition) is 2. The molecule has 44 heavy (non-hydrogen) atoms. The molecular weight excluding hydrogens is 560 g/mol. The second-order valence-electron chi connectivity index (χ2n) is 12.6. The van der Waals surface area contributed by atoms with E-state index < -0.39 is 6.10 Å². The van der Waals surface area contributed by atoms with E-state index in [1.54, 1.807) is 13.0 Å². The molecule has 0 saturated carbocycles. The molecule has 9 heteroatoms. The number of allylic oxidation sites excluding steroid dienone is 2. The molecule has 2 amide bonds. The van der Waals surface area contributed by atoms with Crippen molar-refractivity contribution in [1.82, 2.24) is 10.6 Å². The van der Waals surface area contributed by atoms with Crippen LogP contribution in [0.4, 0.5) is 0 Å². The van der Waals surface area contributed by atoms with Crippen LogP contribution < -0.4 is 10.6 Å². The second kappa shape index (κ2) is 15.6. The number of nitrogens with one attached hydrogen (secondary N) is 2. The molecule has 3 aliphatic rings. The quantitative estimate of drug-likeness (QED) is 0.153. The third-order valence-electron chi connectivity index (χ3n) is 8.50. The van der Waals surface area contributed by atoms with Crippen molar-refractivity contribution in [2.24, 2.45) is 5.92 Å². The fraction of sp³-hybridized carbons (Fsp3) is 0.571. The van der Waals surface area contributed by atoms with Crippen molar-refractivity contribution in [3.8, 4) is 0 Å². The first kappa shape index (κ1) is 33.6. The summed E-state index contributed by atoms with van der Waals surface area (Å²) in [7, 11) is 0. The molecule has 1 spiro atoms. The molecule has 3 saturated heterocycles. The van der Waals surface area contributed by atoms with Gasteiger partial charge in [-0.05, 0) is 51.2 Å². The van der Waals surface area contributed by atoms with E-state index in [0.29, 0.717) is 13.0 Å². The zero-order chi connectivity index (χ0) is 31.7. The number of ether oxygens (including phenoxy) is 4. The predicted octanol–water partition coefficient (Wildman–Crippen LogP) is 4.71. The van der Waals surface area contributed by atoms with Gasteiger partial charge in [0.05, 0.1) is 49.1 Å². The predicted molar refractivity (Wildman–Crippen MR) is 167 cm³/mol. The lowest BCUT2D eigenvalue weighted by Gasteiger charge is -2.39. The molecule has 4 rings (SSSR count). The Kier molecular flexibility index (Phi) is 11.9. The number of carbonyl (C=O) groups is 3. The monoisotopic (exact) mass is 608 g/mol. The molecule has 3 heterocycles. The Morgan fingerprint density at radius 3 is 2.55 bits per heavy atom. The number of amides is 2. The average molecular weight is 609 g/mol. The van der Waals surface area contributed by atoms with Crippen LogP contribution in [-0.2, 0) is 39.9 Å². The summed E-state index contributed by atoms with van der Waals surface area (Å²) in [5, 5.41) is 6.03. The fourth-order valence-corrected chi connectivity index (χ4v) is 5.95. The van der Waals surface area contributed by atoms with Crippen LogP contribution in [0.2, 0.25) is 0 Å². The lowest BCUT2D eigenvalue weighted by Crippen LogP contribution is -2.50. The number of benzene rings is 1. The standard InChI is InChI=1S/C35H48N2O7/c1-23(12-15-32-24(2)17-31(26(4)43-32)37-33(39)16-13-25(3)42-27(5)38)11-14-29-19-35(22-41-35)20-30(44-29)18-34(40)36-21-28-9-7-6-8-10-28/h6-14,16,24-26,29-32H,15,17-22H2,1-5H3,(H,36,40)(H,37,39)/b14-11+,16-13-,23-12+/t24-,25-,26+,29+,30+,31+,32-,35?/m0/s1. The van der Waals surface area contributed by atoms with Gasteiger partial charge in [-0.2, -0.15) is 0 Å². The van der Waals surface area contributed by atoms with E-state index in [4.69, 9.17) is 18.9 Å². The van der Waals surface area contributed by atoms with Gasteiger partial charge >= 0.3 is 5.97 Å². The van der Waals surface area contributed by atoms with Crippen molar-refractivity contribution < 1.29 is 33.3 Å². The van der Waals surface area contributed by atoms with Crippen molar-refractivity contribution in [3.05, 3.63) is 71.8 Å². The third-order valence-corrected chi connectivity index (χ3v) is 8.50. The van der Waals surface area contributed by atoms with E-state index >= 15 is 0 Å². The van der Waals surface area contributed by atoms with E-state index in [9.17, 15) is 14.4 Å². The van der Waals surface area contributed by atoms with E-state index in [-0.39, 0.29) is 59.8 Å². The van der Waals surface area contributed by atoms with Gasteiger partial charge in [-0.15, -0.1) is 0 Å². The molecule has 1 aromatic carbocycles. The number of epoxide rings is 1. The Labute approximate surface area is 261 Å². The molecule has 0 aliphatic carbocycles. The molecule has 2 N–H and O–H groups in total. The van der Waals surface area contributed by atoms with Crippen LogP contribution in [0.1, 0.15) is 72.3 Å². The highest BCUT2D eigenvalue weighted by atomic mass is 16.6. The van der Waals surface area contributed by atoms with Crippen LogP contribution in [-0.4, -0.2) is 66.6 Å². The van der Waals surface area contributed by atoms with Crippen LogP contribution in [0.3, 0.4) is 0 Å². The lowest BCUT2D eigenvalue weighted by atomic mass is 9.88. The Morgan fingerprint density at radius 1 is 1.09 bits per heavy atom. The van der Waals surface area contributed by atoms with E-state index in [1.807, 2.05) is 37.3 Å². The van der Waals surface area contributed by atoms with E-state index in [2.05, 4.69) is 42.7 Å². The summed E-state index contributed by atoms with van der Waals surface area (Å²) >= 11 is 0. The Balaban J connectivity index is 1.22. The maximum Gasteiger partial charge on any atom is 0.303 e. The molecule has 3 aliphatic heterocycles. The molecular formula is C35H48N2O7. The molecule has 3 fully saturated rings. The van der Waals surface area contributed by atoms with Crippen LogP contribution in [0.5, 0.6) is 0 Å². The molecule has 9 nitrogen and oxygen atoms in total. The number of carbonyl (C=O) groups excluding carboxylic acids is 3. The van der Waals surface area contributed by atoms with Crippen molar-refractivity contribution in [2.75, 3.05) is 6.61 Å². The molecule has 240 valence electrons. The number of rotatable bonds is 12. The molecule has 1 aromatic rings. The highest BCUT2D eigenvalue weighted by molar-refractivity contribution is 5.87. The van der Waals surface area contributed by atoms with Gasteiger partial charge in [-0.1, -0.05) is 61.1 Å². The van der Waals surface area contributed by atoms with Crippen molar-refractivity contribution in [3.63, 3.8) is 0 Å². The molecule has 1 unspecified atom stereocenters. The summed E-state index contributed by atoms with van der Waals surface area (Å²) in [4.78, 5) is 36.1. The SMILES string of the molecule is CC(=O)O[C@@H](C)/C=C\C(=O)N[C@@H]1C[C@H](C)[C@H](C/C=C(C)/C=C/[C@@H]2CC3(CO3)C[C@@H](CC(=O)NCc3ccccc3)O2)O[C@@H]1C. The minimum absolute atomic E-state index is 0.0154. The zero-order valence-corrected chi connectivity index (χ0v) is 26.6. The Morgan fingerprint density at radius 2 is 1.84 bits per heavy atom. The largest absolute Gasteiger partial charge is 0.459 e. The summed E-state index contributed by atoms with van der Waals surface area (Å²) in [6.45, 7) is 10.5. The first-order valence-corrected chi connectivity index (χ1v) is 15.8. The Hall–Kier alpha value is -3.27. The zero-order valence-electron chi connectivity index (χ0n) is 26.6. The third kappa shape index (κ3) is 10.7. The van der Waals surface area contributed by atoms with Crippen molar-refractivity contribution in [2.45, 2.75) is 115 Å². The normalized spacial score (nSPS) is 31.2. The van der Waals surface area contributed by atoms with Crippen LogP contribution in [0, 0.1) is 5.92 Å². The van der Waals surface area contributed by atoms with Crippen LogP contribution in [0.15, 0.2) is 66.3 Å². The van der Waals surface area contributed by atoms with Gasteiger partial charge < -0.3 is 29.6 Å². The van der Waals surface area contributed by atoms with Gasteiger partial charge in [0, 0.05) is 32.4 Å². The van der Waals surface area contributed by atoms with Crippen molar-refractivity contribution >= 4 is 17.8 Å². The first-order chi connectivity index (χ1) is 21.0. The molecule has 0 aromatic heterocycles. The highest BCUT2D eigenvalue weighted by Gasteiger charge is 2.51. The summed E-state index contributed by atoms with van der Waals surface area (Å²) in [5.41, 5.74) is 2.02. The highest BCUT2D eigenvalue weighted by Crippen LogP contribution is 2.43.